The minimum Gasteiger partial charge on any atom is -0.477 e. The first-order valence-corrected chi connectivity index (χ1v) is 5.32. The Morgan fingerprint density at radius 3 is 2.88 bits per heavy atom. The van der Waals surface area contributed by atoms with Crippen molar-refractivity contribution in [2.45, 2.75) is 0 Å². The third-order valence-electron chi connectivity index (χ3n) is 1.88. The number of carboxylic acid groups (broad SMARTS) is 1. The van der Waals surface area contributed by atoms with E-state index in [1.165, 1.54) is 6.20 Å². The number of hydrogen-bond acceptors (Lipinski definition) is 4. The molecule has 0 bridgehead atoms. The Morgan fingerprint density at radius 2 is 2.31 bits per heavy atom. The first kappa shape index (κ1) is 10.6. The summed E-state index contributed by atoms with van der Waals surface area (Å²) >= 11 is 1.14. The van der Waals surface area contributed by atoms with Crippen molar-refractivity contribution in [2.24, 2.45) is 7.05 Å². The lowest BCUT2D eigenvalue weighted by molar-refractivity contribution is 0.0702. The summed E-state index contributed by atoms with van der Waals surface area (Å²) < 4.78 is 1.70. The monoisotopic (exact) mass is 235 g/mol. The van der Waals surface area contributed by atoms with Gasteiger partial charge in [-0.3, -0.25) is 4.68 Å². The van der Waals surface area contributed by atoms with E-state index < -0.39 is 5.97 Å². The fourth-order valence-electron chi connectivity index (χ4n) is 1.16. The maximum absolute atomic E-state index is 10.6. The Hall–Kier alpha value is -1.95. The molecule has 0 atom stereocenters. The molecule has 6 heteroatoms. The van der Waals surface area contributed by atoms with E-state index in [-0.39, 0.29) is 4.88 Å². The number of aryl methyl sites for hydroxylation is 1. The molecule has 2 aromatic heterocycles. The van der Waals surface area contributed by atoms with Gasteiger partial charge in [0.1, 0.15) is 9.88 Å². The van der Waals surface area contributed by atoms with Crippen LogP contribution in [0.1, 0.15) is 20.2 Å². The molecular weight excluding hydrogens is 226 g/mol. The summed E-state index contributed by atoms with van der Waals surface area (Å²) in [6.07, 6.45) is 8.56. The van der Waals surface area contributed by atoms with Crippen LogP contribution in [-0.4, -0.2) is 25.8 Å². The Bertz CT molecular complexity index is 542. The second-order valence-corrected chi connectivity index (χ2v) is 4.21. The summed E-state index contributed by atoms with van der Waals surface area (Å²) in [5.74, 6) is -0.946. The van der Waals surface area contributed by atoms with E-state index in [2.05, 4.69) is 10.1 Å². The topological polar surface area (TPSA) is 68.0 Å². The molecule has 2 aromatic rings. The highest BCUT2D eigenvalue weighted by Crippen LogP contribution is 2.15. The van der Waals surface area contributed by atoms with Gasteiger partial charge < -0.3 is 5.11 Å². The van der Waals surface area contributed by atoms with Crippen molar-refractivity contribution >= 4 is 29.5 Å². The van der Waals surface area contributed by atoms with Crippen LogP contribution < -0.4 is 0 Å². The lowest BCUT2D eigenvalue weighted by atomic mass is 10.3. The SMILES string of the molecule is Cn1cc(/C=C\c2ncc(C(=O)O)s2)cn1. The second kappa shape index (κ2) is 4.28. The summed E-state index contributed by atoms with van der Waals surface area (Å²) in [6, 6.07) is 0. The number of aromatic carboxylic acids is 1. The molecular formula is C10H9N3O2S. The molecule has 5 nitrogen and oxygen atoms in total. The van der Waals surface area contributed by atoms with Gasteiger partial charge in [0.25, 0.3) is 0 Å². The van der Waals surface area contributed by atoms with Gasteiger partial charge in [-0.15, -0.1) is 11.3 Å². The minimum atomic E-state index is -0.946. The fraction of sp³-hybridized carbons (Fsp3) is 0.100. The molecule has 2 heterocycles. The number of aromatic nitrogens is 3. The lowest BCUT2D eigenvalue weighted by Gasteiger charge is -1.83. The van der Waals surface area contributed by atoms with Gasteiger partial charge in [-0.25, -0.2) is 9.78 Å². The molecule has 0 fully saturated rings. The zero-order chi connectivity index (χ0) is 11.5. The predicted octanol–water partition coefficient (Wildman–Crippen LogP) is 1.75. The summed E-state index contributed by atoms with van der Waals surface area (Å²) in [4.78, 5) is 14.8. The quantitative estimate of drug-likeness (QED) is 0.879. The van der Waals surface area contributed by atoms with Crippen molar-refractivity contribution in [1.29, 1.82) is 0 Å². The molecule has 0 saturated heterocycles. The van der Waals surface area contributed by atoms with E-state index in [1.54, 1.807) is 17.0 Å². The van der Waals surface area contributed by atoms with E-state index in [0.29, 0.717) is 5.01 Å². The maximum atomic E-state index is 10.6. The number of hydrogen-bond donors (Lipinski definition) is 1. The Labute approximate surface area is 95.7 Å². The standard InChI is InChI=1S/C10H9N3O2S/c1-13-6-7(4-12-13)2-3-9-11-5-8(16-9)10(14)15/h2-6H,1H3,(H,14,15)/b3-2-. The highest BCUT2D eigenvalue weighted by atomic mass is 32.1. The molecule has 0 aliphatic rings. The molecule has 1 N–H and O–H groups in total. The average Bonchev–Trinajstić information content (AvgIpc) is 2.83. The van der Waals surface area contributed by atoms with Crippen molar-refractivity contribution in [2.75, 3.05) is 0 Å². The first-order chi connectivity index (χ1) is 7.65. The summed E-state index contributed by atoms with van der Waals surface area (Å²) in [5.41, 5.74) is 0.953. The van der Waals surface area contributed by atoms with Crippen LogP contribution in [0, 0.1) is 0 Å². The highest BCUT2D eigenvalue weighted by Gasteiger charge is 2.06. The van der Waals surface area contributed by atoms with E-state index in [0.717, 1.165) is 16.9 Å². The fourth-order valence-corrected chi connectivity index (χ4v) is 1.82. The summed E-state index contributed by atoms with van der Waals surface area (Å²) in [7, 11) is 1.84. The minimum absolute atomic E-state index is 0.242. The van der Waals surface area contributed by atoms with Gasteiger partial charge in [0.15, 0.2) is 0 Å². The molecule has 2 rings (SSSR count). The first-order valence-electron chi connectivity index (χ1n) is 4.51. The van der Waals surface area contributed by atoms with Gasteiger partial charge in [-0.2, -0.15) is 5.10 Å². The van der Waals surface area contributed by atoms with Crippen molar-refractivity contribution in [3.63, 3.8) is 0 Å². The Morgan fingerprint density at radius 1 is 1.50 bits per heavy atom. The van der Waals surface area contributed by atoms with Crippen LogP contribution in [0.5, 0.6) is 0 Å². The van der Waals surface area contributed by atoms with Gasteiger partial charge in [0, 0.05) is 18.8 Å². The number of carbonyl (C=O) groups is 1. The number of carboxylic acids is 1. The molecule has 0 amide bonds. The zero-order valence-corrected chi connectivity index (χ0v) is 9.31. The van der Waals surface area contributed by atoms with Crippen LogP contribution in [0.2, 0.25) is 0 Å². The van der Waals surface area contributed by atoms with Crippen LogP contribution >= 0.6 is 11.3 Å². The largest absolute Gasteiger partial charge is 0.477 e. The van der Waals surface area contributed by atoms with Gasteiger partial charge >= 0.3 is 5.97 Å². The smallest absolute Gasteiger partial charge is 0.347 e. The Balaban J connectivity index is 2.14. The second-order valence-electron chi connectivity index (χ2n) is 3.15. The molecule has 16 heavy (non-hydrogen) atoms. The molecule has 0 aromatic carbocycles. The van der Waals surface area contributed by atoms with Gasteiger partial charge in [0.2, 0.25) is 0 Å². The zero-order valence-electron chi connectivity index (χ0n) is 8.49. The third-order valence-corrected chi connectivity index (χ3v) is 2.83. The van der Waals surface area contributed by atoms with Crippen molar-refractivity contribution in [1.82, 2.24) is 14.8 Å². The number of rotatable bonds is 3. The maximum Gasteiger partial charge on any atom is 0.347 e. The van der Waals surface area contributed by atoms with Crippen molar-refractivity contribution in [3.05, 3.63) is 34.0 Å². The van der Waals surface area contributed by atoms with Crippen molar-refractivity contribution < 1.29 is 9.90 Å². The molecule has 0 radical (unpaired) electrons. The highest BCUT2D eigenvalue weighted by molar-refractivity contribution is 7.14. The molecule has 0 unspecified atom stereocenters. The van der Waals surface area contributed by atoms with Crippen LogP contribution in [-0.2, 0) is 7.05 Å². The van der Waals surface area contributed by atoms with Crippen LogP contribution in [0.4, 0.5) is 0 Å². The number of thiazole rings is 1. The molecule has 0 aliphatic carbocycles. The van der Waals surface area contributed by atoms with Gasteiger partial charge in [-0.1, -0.05) is 0 Å². The molecule has 0 spiro atoms. The summed E-state index contributed by atoms with van der Waals surface area (Å²) in [5, 5.41) is 13.4. The van der Waals surface area contributed by atoms with Crippen LogP contribution in [0.25, 0.3) is 12.2 Å². The Kier molecular flexibility index (Phi) is 2.82. The van der Waals surface area contributed by atoms with Crippen LogP contribution in [0.15, 0.2) is 18.6 Å². The van der Waals surface area contributed by atoms with Gasteiger partial charge in [0.05, 0.1) is 12.4 Å². The summed E-state index contributed by atoms with van der Waals surface area (Å²) in [6.45, 7) is 0. The molecule has 0 saturated carbocycles. The third kappa shape index (κ3) is 2.34. The molecule has 0 aliphatic heterocycles. The van der Waals surface area contributed by atoms with E-state index >= 15 is 0 Å². The van der Waals surface area contributed by atoms with Gasteiger partial charge in [-0.05, 0) is 12.2 Å². The average molecular weight is 235 g/mol. The van der Waals surface area contributed by atoms with E-state index in [4.69, 9.17) is 5.11 Å². The normalized spacial score (nSPS) is 11.1. The van der Waals surface area contributed by atoms with E-state index in [9.17, 15) is 4.79 Å². The number of nitrogens with zero attached hydrogens (tertiary/aromatic N) is 3. The lowest BCUT2D eigenvalue weighted by Crippen LogP contribution is -1.89. The van der Waals surface area contributed by atoms with E-state index in [1.807, 2.05) is 19.3 Å². The predicted molar refractivity (Wildman–Crippen MR) is 61.2 cm³/mol. The van der Waals surface area contributed by atoms with Crippen molar-refractivity contribution in [3.8, 4) is 0 Å². The van der Waals surface area contributed by atoms with Crippen LogP contribution in [0.3, 0.4) is 0 Å². The molecule has 82 valence electrons.